The number of rotatable bonds is 5. The van der Waals surface area contributed by atoms with Crippen molar-refractivity contribution < 1.29 is 23.8 Å². The second kappa shape index (κ2) is 7.83. The number of carboxylic acid groups (broad SMARTS) is 1. The molecule has 2 heterocycles. The molecule has 2 aromatic rings. The molecule has 1 fully saturated rings. The van der Waals surface area contributed by atoms with E-state index in [2.05, 4.69) is 10.1 Å². The van der Waals surface area contributed by atoms with Crippen LogP contribution < -0.4 is 0 Å². The highest BCUT2D eigenvalue weighted by molar-refractivity contribution is 5.90. The molecular formula is C18H21FN4O4. The average Bonchev–Trinajstić information content (AvgIpc) is 3.06. The molecule has 0 aliphatic carbocycles. The fourth-order valence-electron chi connectivity index (χ4n) is 2.95. The van der Waals surface area contributed by atoms with E-state index in [1.807, 2.05) is 13.8 Å². The summed E-state index contributed by atoms with van der Waals surface area (Å²) in [5, 5.41) is 13.2. The maximum Gasteiger partial charge on any atom is 0.306 e. The molecule has 1 aromatic heterocycles. The third-order valence-corrected chi connectivity index (χ3v) is 4.25. The molecule has 0 spiro atoms. The third-order valence-electron chi connectivity index (χ3n) is 4.25. The predicted molar refractivity (Wildman–Crippen MR) is 93.3 cm³/mol. The molecular weight excluding hydrogens is 355 g/mol. The Morgan fingerprint density at radius 1 is 1.37 bits per heavy atom. The summed E-state index contributed by atoms with van der Waals surface area (Å²) in [4.78, 5) is 29.5. The van der Waals surface area contributed by atoms with Crippen LogP contribution in [0.1, 0.15) is 42.6 Å². The van der Waals surface area contributed by atoms with E-state index in [1.54, 1.807) is 18.2 Å². The average molecular weight is 376 g/mol. The highest BCUT2D eigenvalue weighted by Gasteiger charge is 2.30. The van der Waals surface area contributed by atoms with Gasteiger partial charge < -0.3 is 14.7 Å². The van der Waals surface area contributed by atoms with Gasteiger partial charge in [0.2, 0.25) is 5.82 Å². The summed E-state index contributed by atoms with van der Waals surface area (Å²) in [5.41, 5.74) is 0.221. The number of nitrogens with zero attached hydrogens (tertiary/aromatic N) is 4. The summed E-state index contributed by atoms with van der Waals surface area (Å²) in [5.74, 6) is -1.53. The van der Waals surface area contributed by atoms with E-state index in [-0.39, 0.29) is 37.0 Å². The first-order valence-electron chi connectivity index (χ1n) is 8.71. The first-order valence-corrected chi connectivity index (χ1v) is 8.71. The van der Waals surface area contributed by atoms with E-state index in [9.17, 15) is 14.0 Å². The van der Waals surface area contributed by atoms with Crippen molar-refractivity contribution in [2.75, 3.05) is 19.7 Å². The van der Waals surface area contributed by atoms with Crippen LogP contribution >= 0.6 is 0 Å². The number of morpholine rings is 1. The Balaban J connectivity index is 1.88. The number of carbonyl (C=O) groups excluding carboxylic acids is 1. The number of benzene rings is 1. The molecule has 27 heavy (non-hydrogen) atoms. The lowest BCUT2D eigenvalue weighted by Crippen LogP contribution is -2.46. The molecule has 144 valence electrons. The lowest BCUT2D eigenvalue weighted by atomic mass is 10.2. The highest BCUT2D eigenvalue weighted by atomic mass is 19.1. The highest BCUT2D eigenvalue weighted by Crippen LogP contribution is 2.21. The van der Waals surface area contributed by atoms with Gasteiger partial charge in [-0.15, -0.1) is 5.10 Å². The fraction of sp³-hybridized carbons (Fsp3) is 0.444. The number of para-hydroxylation sites is 1. The van der Waals surface area contributed by atoms with Crippen molar-refractivity contribution in [3.8, 4) is 5.69 Å². The number of halogens is 1. The number of hydrogen-bond donors (Lipinski definition) is 1. The predicted octanol–water partition coefficient (Wildman–Crippen LogP) is 1.85. The maximum absolute atomic E-state index is 14.2. The summed E-state index contributed by atoms with van der Waals surface area (Å²) in [6.07, 6.45) is -0.753. The van der Waals surface area contributed by atoms with Crippen LogP contribution in [-0.4, -0.2) is 62.4 Å². The molecule has 1 atom stereocenters. The Bertz CT molecular complexity index is 852. The Labute approximate surface area is 155 Å². The van der Waals surface area contributed by atoms with Crippen molar-refractivity contribution in [1.29, 1.82) is 0 Å². The molecule has 9 heteroatoms. The van der Waals surface area contributed by atoms with E-state index in [1.165, 1.54) is 15.6 Å². The molecule has 1 N–H and O–H groups in total. The van der Waals surface area contributed by atoms with Crippen LogP contribution in [0, 0.1) is 5.82 Å². The SMILES string of the molecule is CC(C)c1nc(C(=O)N2CCOC(CC(=O)O)C2)nn1-c1ccccc1F. The zero-order valence-corrected chi connectivity index (χ0v) is 15.1. The van der Waals surface area contributed by atoms with E-state index in [0.717, 1.165) is 0 Å². The molecule has 1 amide bonds. The Kier molecular flexibility index (Phi) is 5.50. The lowest BCUT2D eigenvalue weighted by molar-refractivity contribution is -0.141. The van der Waals surface area contributed by atoms with Crippen LogP contribution in [0.4, 0.5) is 4.39 Å². The van der Waals surface area contributed by atoms with Gasteiger partial charge in [-0.25, -0.2) is 14.1 Å². The zero-order valence-electron chi connectivity index (χ0n) is 15.1. The van der Waals surface area contributed by atoms with Crippen LogP contribution in [-0.2, 0) is 9.53 Å². The summed E-state index contributed by atoms with van der Waals surface area (Å²) in [7, 11) is 0. The van der Waals surface area contributed by atoms with E-state index < -0.39 is 23.8 Å². The molecule has 1 aliphatic rings. The maximum atomic E-state index is 14.2. The third kappa shape index (κ3) is 4.13. The van der Waals surface area contributed by atoms with Crippen molar-refractivity contribution in [2.24, 2.45) is 0 Å². The van der Waals surface area contributed by atoms with Crippen molar-refractivity contribution in [3.63, 3.8) is 0 Å². The Morgan fingerprint density at radius 3 is 2.78 bits per heavy atom. The van der Waals surface area contributed by atoms with Gasteiger partial charge >= 0.3 is 5.97 Å². The number of aliphatic carboxylic acids is 1. The summed E-state index contributed by atoms with van der Waals surface area (Å²) < 4.78 is 20.9. The largest absolute Gasteiger partial charge is 0.481 e. The number of ether oxygens (including phenoxy) is 1. The quantitative estimate of drug-likeness (QED) is 0.855. The minimum atomic E-state index is -0.988. The monoisotopic (exact) mass is 376 g/mol. The van der Waals surface area contributed by atoms with Gasteiger partial charge in [0.1, 0.15) is 17.3 Å². The van der Waals surface area contributed by atoms with Crippen LogP contribution in [0.3, 0.4) is 0 Å². The van der Waals surface area contributed by atoms with Gasteiger partial charge in [0.05, 0.1) is 19.1 Å². The number of amides is 1. The van der Waals surface area contributed by atoms with Crippen molar-refractivity contribution in [2.45, 2.75) is 32.3 Å². The minimum absolute atomic E-state index is 0.0436. The topological polar surface area (TPSA) is 97.6 Å². The molecule has 3 rings (SSSR count). The van der Waals surface area contributed by atoms with Crippen LogP contribution in [0.5, 0.6) is 0 Å². The van der Waals surface area contributed by atoms with E-state index >= 15 is 0 Å². The smallest absolute Gasteiger partial charge is 0.306 e. The summed E-state index contributed by atoms with van der Waals surface area (Å²) >= 11 is 0. The lowest BCUT2D eigenvalue weighted by Gasteiger charge is -2.31. The second-order valence-corrected chi connectivity index (χ2v) is 6.65. The summed E-state index contributed by atoms with van der Waals surface area (Å²) in [6.45, 7) is 4.48. The zero-order chi connectivity index (χ0) is 19.6. The van der Waals surface area contributed by atoms with Gasteiger partial charge in [-0.3, -0.25) is 9.59 Å². The van der Waals surface area contributed by atoms with Gasteiger partial charge in [0.15, 0.2) is 0 Å². The Hall–Kier alpha value is -2.81. The van der Waals surface area contributed by atoms with Gasteiger partial charge in [-0.05, 0) is 12.1 Å². The van der Waals surface area contributed by atoms with Gasteiger partial charge in [0.25, 0.3) is 5.91 Å². The molecule has 0 radical (unpaired) electrons. The van der Waals surface area contributed by atoms with Crippen LogP contribution in [0.2, 0.25) is 0 Å². The van der Waals surface area contributed by atoms with E-state index in [4.69, 9.17) is 9.84 Å². The van der Waals surface area contributed by atoms with Gasteiger partial charge in [-0.1, -0.05) is 26.0 Å². The molecule has 0 saturated carbocycles. The van der Waals surface area contributed by atoms with Gasteiger partial charge in [-0.2, -0.15) is 0 Å². The molecule has 1 aromatic carbocycles. The van der Waals surface area contributed by atoms with E-state index in [0.29, 0.717) is 12.4 Å². The van der Waals surface area contributed by atoms with Crippen molar-refractivity contribution in [1.82, 2.24) is 19.7 Å². The summed E-state index contributed by atoms with van der Waals surface area (Å²) in [6, 6.07) is 6.15. The minimum Gasteiger partial charge on any atom is -0.481 e. The second-order valence-electron chi connectivity index (χ2n) is 6.65. The standard InChI is InChI=1S/C18H21FN4O4/c1-11(2)17-20-16(21-23(17)14-6-4-3-5-13(14)19)18(26)22-7-8-27-12(10-22)9-15(24)25/h3-6,11-12H,7-10H2,1-2H3,(H,24,25). The number of hydrogen-bond acceptors (Lipinski definition) is 5. The first-order chi connectivity index (χ1) is 12.9. The van der Waals surface area contributed by atoms with Crippen molar-refractivity contribution >= 4 is 11.9 Å². The van der Waals surface area contributed by atoms with Crippen molar-refractivity contribution in [3.05, 3.63) is 41.7 Å². The fourth-order valence-corrected chi connectivity index (χ4v) is 2.95. The number of carboxylic acids is 1. The normalized spacial score (nSPS) is 17.3. The molecule has 0 bridgehead atoms. The first kappa shape index (κ1) is 19.0. The number of carbonyl (C=O) groups is 2. The molecule has 1 unspecified atom stereocenters. The number of aromatic nitrogens is 3. The molecule has 1 saturated heterocycles. The Morgan fingerprint density at radius 2 is 2.11 bits per heavy atom. The molecule has 1 aliphatic heterocycles. The van der Waals surface area contributed by atoms with Crippen LogP contribution in [0.15, 0.2) is 24.3 Å². The molecule has 8 nitrogen and oxygen atoms in total. The van der Waals surface area contributed by atoms with Crippen LogP contribution in [0.25, 0.3) is 5.69 Å². The van der Waals surface area contributed by atoms with Gasteiger partial charge in [0, 0.05) is 19.0 Å².